The molecule has 0 spiro atoms. The highest BCUT2D eigenvalue weighted by atomic mass is 16.5. The Morgan fingerprint density at radius 2 is 2.18 bits per heavy atom. The molecule has 28 heavy (non-hydrogen) atoms. The van der Waals surface area contributed by atoms with Crippen molar-refractivity contribution in [3.05, 3.63) is 65.9 Å². The van der Waals surface area contributed by atoms with E-state index in [1.807, 2.05) is 10.6 Å². The minimum absolute atomic E-state index is 0.155. The fraction of sp³-hybridized carbons (Fsp3) is 0.250. The van der Waals surface area contributed by atoms with Gasteiger partial charge in [-0.15, -0.1) is 10.2 Å². The number of aromatic nitrogens is 4. The van der Waals surface area contributed by atoms with Gasteiger partial charge >= 0.3 is 0 Å². The maximum Gasteiger partial charge on any atom is 0.254 e. The van der Waals surface area contributed by atoms with Gasteiger partial charge in [0.15, 0.2) is 5.82 Å². The zero-order chi connectivity index (χ0) is 19.9. The second-order valence-electron chi connectivity index (χ2n) is 6.19. The highest BCUT2D eigenvalue weighted by molar-refractivity contribution is 5.95. The van der Waals surface area contributed by atoms with Crippen molar-refractivity contribution in [2.45, 2.75) is 13.1 Å². The van der Waals surface area contributed by atoms with Gasteiger partial charge < -0.3 is 14.2 Å². The molecule has 3 aromatic rings. The third-order valence-electron chi connectivity index (χ3n) is 4.27. The van der Waals surface area contributed by atoms with Gasteiger partial charge in [0.1, 0.15) is 12.4 Å². The van der Waals surface area contributed by atoms with Gasteiger partial charge in [-0.2, -0.15) is 5.26 Å². The molecule has 0 aliphatic rings. The van der Waals surface area contributed by atoms with Crippen molar-refractivity contribution in [1.82, 2.24) is 24.6 Å². The minimum atomic E-state index is -0.155. The van der Waals surface area contributed by atoms with E-state index in [1.165, 1.54) is 0 Å². The average Bonchev–Trinajstić information content (AvgIpc) is 3.18. The fourth-order valence-electron chi connectivity index (χ4n) is 2.81. The molecule has 0 aliphatic heterocycles. The Kier molecular flexibility index (Phi) is 6.09. The first-order valence-electron chi connectivity index (χ1n) is 8.70. The van der Waals surface area contributed by atoms with Crippen molar-refractivity contribution in [3.8, 4) is 17.3 Å². The monoisotopic (exact) mass is 376 g/mol. The number of amides is 1. The predicted octanol–water partition coefficient (Wildman–Crippen LogP) is 2.13. The first kappa shape index (κ1) is 19.2. The van der Waals surface area contributed by atoms with Gasteiger partial charge in [0.2, 0.25) is 0 Å². The SMILES string of the molecule is COCCn1cnnc1CN(C)C(=O)c1cccc(-c2ncccc2C#N)c1. The normalized spacial score (nSPS) is 10.5. The summed E-state index contributed by atoms with van der Waals surface area (Å²) in [5.41, 5.74) is 2.26. The number of carbonyl (C=O) groups is 1. The van der Waals surface area contributed by atoms with Crippen molar-refractivity contribution in [2.24, 2.45) is 0 Å². The van der Waals surface area contributed by atoms with Crippen LogP contribution < -0.4 is 0 Å². The minimum Gasteiger partial charge on any atom is -0.383 e. The molecule has 0 bridgehead atoms. The molecule has 8 nitrogen and oxygen atoms in total. The first-order valence-corrected chi connectivity index (χ1v) is 8.70. The lowest BCUT2D eigenvalue weighted by atomic mass is 10.0. The molecule has 0 fully saturated rings. The molecule has 8 heteroatoms. The van der Waals surface area contributed by atoms with Gasteiger partial charge in [-0.05, 0) is 24.3 Å². The standard InChI is InChI=1S/C20H20N6O2/c1-25(13-18-24-23-14-26(18)9-10-28-2)20(27)16-6-3-5-15(11-16)19-17(12-21)7-4-8-22-19/h3-8,11,14H,9-10,13H2,1-2H3. The fourth-order valence-corrected chi connectivity index (χ4v) is 2.81. The van der Waals surface area contributed by atoms with Crippen LogP contribution in [0.4, 0.5) is 0 Å². The summed E-state index contributed by atoms with van der Waals surface area (Å²) in [5.74, 6) is 0.526. The Labute approximate surface area is 163 Å². The number of benzene rings is 1. The lowest BCUT2D eigenvalue weighted by Gasteiger charge is -2.17. The Bertz CT molecular complexity index is 1010. The molecule has 1 aromatic carbocycles. The van der Waals surface area contributed by atoms with E-state index in [0.717, 1.165) is 5.56 Å². The number of ether oxygens (including phenoxy) is 1. The third kappa shape index (κ3) is 4.22. The maximum absolute atomic E-state index is 12.9. The summed E-state index contributed by atoms with van der Waals surface area (Å²) in [6.07, 6.45) is 3.25. The van der Waals surface area contributed by atoms with Crippen molar-refractivity contribution in [1.29, 1.82) is 5.26 Å². The van der Waals surface area contributed by atoms with Gasteiger partial charge in [0.05, 0.1) is 24.4 Å². The van der Waals surface area contributed by atoms with Crippen LogP contribution in [0.5, 0.6) is 0 Å². The van der Waals surface area contributed by atoms with Crippen LogP contribution in [0, 0.1) is 11.3 Å². The molecule has 0 saturated carbocycles. The van der Waals surface area contributed by atoms with Crippen LogP contribution in [0.2, 0.25) is 0 Å². The molecule has 2 aromatic heterocycles. The van der Waals surface area contributed by atoms with Gasteiger partial charge in [-0.1, -0.05) is 12.1 Å². The largest absolute Gasteiger partial charge is 0.383 e. The van der Waals surface area contributed by atoms with Crippen LogP contribution in [-0.2, 0) is 17.8 Å². The van der Waals surface area contributed by atoms with Crippen LogP contribution >= 0.6 is 0 Å². The van der Waals surface area contributed by atoms with E-state index >= 15 is 0 Å². The van der Waals surface area contributed by atoms with E-state index in [2.05, 4.69) is 21.3 Å². The van der Waals surface area contributed by atoms with E-state index in [4.69, 9.17) is 4.74 Å². The first-order chi connectivity index (χ1) is 13.6. The van der Waals surface area contributed by atoms with Gasteiger partial charge in [-0.25, -0.2) is 0 Å². The molecule has 0 radical (unpaired) electrons. The van der Waals surface area contributed by atoms with E-state index in [-0.39, 0.29) is 5.91 Å². The predicted molar refractivity (Wildman–Crippen MR) is 102 cm³/mol. The third-order valence-corrected chi connectivity index (χ3v) is 4.27. The van der Waals surface area contributed by atoms with Crippen molar-refractivity contribution in [2.75, 3.05) is 20.8 Å². The molecule has 0 saturated heterocycles. The van der Waals surface area contributed by atoms with Crippen LogP contribution in [0.15, 0.2) is 48.9 Å². The molecule has 0 atom stereocenters. The molecule has 2 heterocycles. The number of methoxy groups -OCH3 is 1. The Hall–Kier alpha value is -3.57. The van der Waals surface area contributed by atoms with Crippen LogP contribution in [0.25, 0.3) is 11.3 Å². The number of carbonyl (C=O) groups excluding carboxylic acids is 1. The maximum atomic E-state index is 12.9. The highest BCUT2D eigenvalue weighted by Crippen LogP contribution is 2.22. The molecule has 142 valence electrons. The highest BCUT2D eigenvalue weighted by Gasteiger charge is 2.16. The summed E-state index contributed by atoms with van der Waals surface area (Å²) >= 11 is 0. The average molecular weight is 376 g/mol. The van der Waals surface area contributed by atoms with E-state index in [9.17, 15) is 10.1 Å². The number of nitrogens with zero attached hydrogens (tertiary/aromatic N) is 6. The molecular formula is C20H20N6O2. The summed E-state index contributed by atoms with van der Waals surface area (Å²) in [6, 6.07) is 12.7. The molecule has 3 rings (SSSR count). The number of rotatable bonds is 7. The van der Waals surface area contributed by atoms with Gasteiger partial charge in [-0.3, -0.25) is 9.78 Å². The molecule has 0 N–H and O–H groups in total. The van der Waals surface area contributed by atoms with Crippen LogP contribution in [0.1, 0.15) is 21.7 Å². The quantitative estimate of drug-likeness (QED) is 0.627. The van der Waals surface area contributed by atoms with E-state index in [0.29, 0.717) is 42.3 Å². The lowest BCUT2D eigenvalue weighted by Crippen LogP contribution is -2.28. The van der Waals surface area contributed by atoms with Crippen molar-refractivity contribution < 1.29 is 9.53 Å². The molecular weight excluding hydrogens is 356 g/mol. The lowest BCUT2D eigenvalue weighted by molar-refractivity contribution is 0.0779. The van der Waals surface area contributed by atoms with E-state index < -0.39 is 0 Å². The second kappa shape index (κ2) is 8.88. The van der Waals surface area contributed by atoms with E-state index in [1.54, 1.807) is 61.9 Å². The van der Waals surface area contributed by atoms with Crippen molar-refractivity contribution >= 4 is 5.91 Å². The molecule has 0 unspecified atom stereocenters. The van der Waals surface area contributed by atoms with Crippen LogP contribution in [-0.4, -0.2) is 51.3 Å². The Morgan fingerprint density at radius 1 is 1.32 bits per heavy atom. The summed E-state index contributed by atoms with van der Waals surface area (Å²) < 4.78 is 6.94. The van der Waals surface area contributed by atoms with Crippen molar-refractivity contribution in [3.63, 3.8) is 0 Å². The van der Waals surface area contributed by atoms with Gasteiger partial charge in [0.25, 0.3) is 5.91 Å². The molecule has 1 amide bonds. The number of pyridine rings is 1. The topological polar surface area (TPSA) is 96.9 Å². The summed E-state index contributed by atoms with van der Waals surface area (Å²) in [4.78, 5) is 18.8. The van der Waals surface area contributed by atoms with Crippen LogP contribution in [0.3, 0.4) is 0 Å². The summed E-state index contributed by atoms with van der Waals surface area (Å²) in [5, 5.41) is 17.3. The number of nitriles is 1. The number of hydrogen-bond acceptors (Lipinski definition) is 6. The zero-order valence-corrected chi connectivity index (χ0v) is 15.7. The second-order valence-corrected chi connectivity index (χ2v) is 6.19. The number of hydrogen-bond donors (Lipinski definition) is 0. The Morgan fingerprint density at radius 3 is 2.96 bits per heavy atom. The van der Waals surface area contributed by atoms with Gasteiger partial charge in [0, 0.05) is 38.0 Å². The summed E-state index contributed by atoms with van der Waals surface area (Å²) in [7, 11) is 3.35. The smallest absolute Gasteiger partial charge is 0.254 e. The molecule has 0 aliphatic carbocycles. The Balaban J connectivity index is 1.80. The summed E-state index contributed by atoms with van der Waals surface area (Å²) in [6.45, 7) is 1.48. The zero-order valence-electron chi connectivity index (χ0n) is 15.7.